The van der Waals surface area contributed by atoms with E-state index in [0.29, 0.717) is 37.7 Å². The summed E-state index contributed by atoms with van der Waals surface area (Å²) < 4.78 is 59.4. The molecule has 12 heteroatoms. The van der Waals surface area contributed by atoms with E-state index in [1.54, 1.807) is 25.1 Å². The number of nitrogens with zero attached hydrogens (tertiary/aromatic N) is 6. The molecule has 3 aromatic rings. The van der Waals surface area contributed by atoms with Crippen molar-refractivity contribution in [3.8, 4) is 0 Å². The zero-order chi connectivity index (χ0) is 25.0. The summed E-state index contributed by atoms with van der Waals surface area (Å²) in [5.74, 6) is -0.501. The fourth-order valence-corrected chi connectivity index (χ4v) is 4.13. The highest BCUT2D eigenvalue weighted by Crippen LogP contribution is 2.33. The third kappa shape index (κ3) is 5.76. The van der Waals surface area contributed by atoms with E-state index in [0.717, 1.165) is 17.7 Å². The molecule has 1 aliphatic rings. The summed E-state index contributed by atoms with van der Waals surface area (Å²) in [7, 11) is 0. The van der Waals surface area contributed by atoms with Crippen LogP contribution in [0.5, 0.6) is 0 Å². The van der Waals surface area contributed by atoms with Gasteiger partial charge >= 0.3 is 12.1 Å². The lowest BCUT2D eigenvalue weighted by atomic mass is 10.0. The maximum atomic E-state index is 13.6. The molecule has 2 aromatic carbocycles. The van der Waals surface area contributed by atoms with Gasteiger partial charge in [0.1, 0.15) is 12.4 Å². The normalized spacial score (nSPS) is 15.7. The molecule has 0 N–H and O–H groups in total. The smallest absolute Gasteiger partial charge is 0.416 e. The van der Waals surface area contributed by atoms with E-state index in [-0.39, 0.29) is 13.2 Å². The number of piperazine rings is 1. The van der Waals surface area contributed by atoms with E-state index in [4.69, 9.17) is 4.74 Å². The standard InChI is InChI=1S/C23H24F4N6O2/c1-2-35-20(34)15-33-22(28-29-30-33)21(16-6-8-18(24)9-7-16)32-12-10-31(11-13-32)19-5-3-4-17(14-19)23(25,26)27/h3-9,14,21H,2,10-13,15H2,1H3/t21-/m0/s1. The average Bonchev–Trinajstić information content (AvgIpc) is 3.28. The number of carbonyl (C=O) groups excluding carboxylic acids is 1. The highest BCUT2D eigenvalue weighted by molar-refractivity contribution is 5.69. The summed E-state index contributed by atoms with van der Waals surface area (Å²) in [6, 6.07) is 10.7. The van der Waals surface area contributed by atoms with Crippen LogP contribution < -0.4 is 4.90 Å². The number of benzene rings is 2. The van der Waals surface area contributed by atoms with E-state index in [1.165, 1.54) is 22.9 Å². The summed E-state index contributed by atoms with van der Waals surface area (Å²) in [6.07, 6.45) is -4.42. The largest absolute Gasteiger partial charge is 0.465 e. The van der Waals surface area contributed by atoms with Crippen LogP contribution in [0.2, 0.25) is 0 Å². The van der Waals surface area contributed by atoms with E-state index < -0.39 is 29.6 Å². The first-order valence-corrected chi connectivity index (χ1v) is 11.1. The number of halogens is 4. The number of esters is 1. The highest BCUT2D eigenvalue weighted by Gasteiger charge is 2.33. The van der Waals surface area contributed by atoms with Gasteiger partial charge in [-0.05, 0) is 53.2 Å². The zero-order valence-electron chi connectivity index (χ0n) is 19.0. The van der Waals surface area contributed by atoms with Crippen LogP contribution in [-0.4, -0.2) is 63.9 Å². The van der Waals surface area contributed by atoms with Gasteiger partial charge in [-0.25, -0.2) is 9.07 Å². The number of carbonyl (C=O) groups is 1. The van der Waals surface area contributed by atoms with Gasteiger partial charge in [-0.15, -0.1) is 5.10 Å². The molecule has 0 bridgehead atoms. The number of aromatic nitrogens is 4. The minimum Gasteiger partial charge on any atom is -0.465 e. The predicted octanol–water partition coefficient (Wildman–Crippen LogP) is 3.31. The molecule has 1 aliphatic heterocycles. The first-order valence-electron chi connectivity index (χ1n) is 11.1. The zero-order valence-corrected chi connectivity index (χ0v) is 19.0. The van der Waals surface area contributed by atoms with Crippen LogP contribution in [-0.2, 0) is 22.3 Å². The van der Waals surface area contributed by atoms with Crippen molar-refractivity contribution in [2.45, 2.75) is 25.7 Å². The summed E-state index contributed by atoms with van der Waals surface area (Å²) in [6.45, 7) is 3.60. The molecule has 1 fully saturated rings. The van der Waals surface area contributed by atoms with Crippen molar-refractivity contribution in [2.75, 3.05) is 37.7 Å². The van der Waals surface area contributed by atoms with Gasteiger partial charge in [0.2, 0.25) is 0 Å². The Bertz CT molecular complexity index is 1140. The summed E-state index contributed by atoms with van der Waals surface area (Å²) >= 11 is 0. The Hall–Kier alpha value is -3.54. The lowest BCUT2D eigenvalue weighted by molar-refractivity contribution is -0.144. The number of ether oxygens (including phenoxy) is 1. The van der Waals surface area contributed by atoms with E-state index in [2.05, 4.69) is 20.4 Å². The Kier molecular flexibility index (Phi) is 7.29. The second-order valence-electron chi connectivity index (χ2n) is 8.02. The van der Waals surface area contributed by atoms with Gasteiger partial charge in [0.05, 0.1) is 18.2 Å². The first-order chi connectivity index (χ1) is 16.8. The van der Waals surface area contributed by atoms with Crippen LogP contribution in [0, 0.1) is 5.82 Å². The Balaban J connectivity index is 1.57. The number of alkyl halides is 3. The van der Waals surface area contributed by atoms with Crippen LogP contribution in [0.25, 0.3) is 0 Å². The Morgan fingerprint density at radius 1 is 1.09 bits per heavy atom. The molecule has 0 spiro atoms. The number of tetrazole rings is 1. The molecule has 1 atom stereocenters. The van der Waals surface area contributed by atoms with Crippen LogP contribution in [0.4, 0.5) is 23.2 Å². The van der Waals surface area contributed by atoms with Gasteiger partial charge in [-0.3, -0.25) is 9.69 Å². The molecule has 0 radical (unpaired) electrons. The monoisotopic (exact) mass is 492 g/mol. The third-order valence-corrected chi connectivity index (χ3v) is 5.79. The van der Waals surface area contributed by atoms with E-state index >= 15 is 0 Å². The van der Waals surface area contributed by atoms with Gasteiger partial charge in [0.25, 0.3) is 0 Å². The molecule has 8 nitrogen and oxygen atoms in total. The minimum atomic E-state index is -4.42. The van der Waals surface area contributed by atoms with Crippen molar-refractivity contribution in [1.29, 1.82) is 0 Å². The summed E-state index contributed by atoms with van der Waals surface area (Å²) in [5.41, 5.74) is 0.517. The van der Waals surface area contributed by atoms with Gasteiger partial charge in [-0.1, -0.05) is 18.2 Å². The van der Waals surface area contributed by atoms with Crippen molar-refractivity contribution in [3.05, 3.63) is 71.3 Å². The molecule has 0 aliphatic carbocycles. The van der Waals surface area contributed by atoms with E-state index in [1.807, 2.05) is 4.90 Å². The SMILES string of the molecule is CCOC(=O)Cn1nnnc1[C@H](c1ccc(F)cc1)N1CCN(c2cccc(C(F)(F)F)c2)CC1. The lowest BCUT2D eigenvalue weighted by Crippen LogP contribution is -2.48. The quantitative estimate of drug-likeness (QED) is 0.370. The minimum absolute atomic E-state index is 0.182. The van der Waals surface area contributed by atoms with Crippen molar-refractivity contribution >= 4 is 11.7 Å². The van der Waals surface area contributed by atoms with Crippen molar-refractivity contribution in [3.63, 3.8) is 0 Å². The molecule has 0 unspecified atom stereocenters. The lowest BCUT2D eigenvalue weighted by Gasteiger charge is -2.40. The Labute approximate surface area is 199 Å². The molecule has 35 heavy (non-hydrogen) atoms. The maximum absolute atomic E-state index is 13.6. The molecule has 0 saturated carbocycles. The molecule has 1 saturated heterocycles. The number of rotatable bonds is 7. The summed E-state index contributed by atoms with van der Waals surface area (Å²) in [5, 5.41) is 11.8. The van der Waals surface area contributed by atoms with Gasteiger partial charge < -0.3 is 9.64 Å². The van der Waals surface area contributed by atoms with Crippen LogP contribution in [0.3, 0.4) is 0 Å². The molecular formula is C23H24F4N6O2. The molecular weight excluding hydrogens is 468 g/mol. The average molecular weight is 492 g/mol. The topological polar surface area (TPSA) is 76.4 Å². The molecule has 1 aromatic heterocycles. The molecule has 0 amide bonds. The fourth-order valence-electron chi connectivity index (χ4n) is 4.13. The molecule has 4 rings (SSSR count). The van der Waals surface area contributed by atoms with Crippen LogP contribution in [0.15, 0.2) is 48.5 Å². The van der Waals surface area contributed by atoms with Crippen molar-refractivity contribution in [2.24, 2.45) is 0 Å². The van der Waals surface area contributed by atoms with E-state index in [9.17, 15) is 22.4 Å². The Morgan fingerprint density at radius 2 is 1.80 bits per heavy atom. The predicted molar refractivity (Wildman–Crippen MR) is 118 cm³/mol. The maximum Gasteiger partial charge on any atom is 0.416 e. The summed E-state index contributed by atoms with van der Waals surface area (Å²) in [4.78, 5) is 16.0. The fraction of sp³-hybridized carbons (Fsp3) is 0.391. The molecule has 2 heterocycles. The molecule has 186 valence electrons. The van der Waals surface area contributed by atoms with Gasteiger partial charge in [0, 0.05) is 31.9 Å². The van der Waals surface area contributed by atoms with Crippen LogP contribution in [0.1, 0.15) is 29.9 Å². The highest BCUT2D eigenvalue weighted by atomic mass is 19.4. The second kappa shape index (κ2) is 10.4. The first kappa shape index (κ1) is 24.6. The Morgan fingerprint density at radius 3 is 2.46 bits per heavy atom. The van der Waals surface area contributed by atoms with Gasteiger partial charge in [0.15, 0.2) is 5.82 Å². The number of hydrogen-bond donors (Lipinski definition) is 0. The number of hydrogen-bond acceptors (Lipinski definition) is 7. The third-order valence-electron chi connectivity index (χ3n) is 5.79. The van der Waals surface area contributed by atoms with Gasteiger partial charge in [-0.2, -0.15) is 13.2 Å². The number of anilines is 1. The second-order valence-corrected chi connectivity index (χ2v) is 8.02. The van der Waals surface area contributed by atoms with Crippen molar-refractivity contribution in [1.82, 2.24) is 25.1 Å². The van der Waals surface area contributed by atoms with Crippen molar-refractivity contribution < 1.29 is 27.1 Å². The van der Waals surface area contributed by atoms with Crippen LogP contribution >= 0.6 is 0 Å².